The highest BCUT2D eigenvalue weighted by atomic mass is 16.1. The number of carbonyl (C=O) groups is 1. The van der Waals surface area contributed by atoms with Crippen LogP contribution in [-0.2, 0) is 4.79 Å². The van der Waals surface area contributed by atoms with E-state index in [1.54, 1.807) is 0 Å². The number of ketones is 1. The van der Waals surface area contributed by atoms with E-state index in [4.69, 9.17) is 5.73 Å². The third-order valence-electron chi connectivity index (χ3n) is 2.75. The van der Waals surface area contributed by atoms with E-state index in [9.17, 15) is 4.79 Å². The maximum Gasteiger partial charge on any atom is 0.149 e. The Hall–Kier alpha value is -0.370. The van der Waals surface area contributed by atoms with Crippen LogP contribution < -0.4 is 5.73 Å². The summed E-state index contributed by atoms with van der Waals surface area (Å²) in [6, 6.07) is -0.262. The van der Waals surface area contributed by atoms with Crippen LogP contribution in [-0.4, -0.2) is 11.8 Å². The summed E-state index contributed by atoms with van der Waals surface area (Å²) in [7, 11) is 0. The molecule has 0 aromatic rings. The van der Waals surface area contributed by atoms with Gasteiger partial charge in [0.05, 0.1) is 6.04 Å². The topological polar surface area (TPSA) is 43.1 Å². The summed E-state index contributed by atoms with van der Waals surface area (Å²) in [6.07, 6.45) is 2.52. The summed E-state index contributed by atoms with van der Waals surface area (Å²) in [5.41, 5.74) is 6.08. The highest BCUT2D eigenvalue weighted by Gasteiger charge is 2.21. The molecule has 0 aromatic heterocycles. The number of Topliss-reactive ketones (excluding diaryl/α,β-unsaturated/α-hetero) is 1. The molecule has 0 radical (unpaired) electrons. The number of carbonyl (C=O) groups excluding carboxylic acids is 1. The number of nitrogens with two attached hydrogens (primary N) is 1. The Morgan fingerprint density at radius 2 is 1.86 bits per heavy atom. The van der Waals surface area contributed by atoms with E-state index in [0.29, 0.717) is 12.3 Å². The molecular formula is C12H25NO. The van der Waals surface area contributed by atoms with Gasteiger partial charge in [-0.05, 0) is 17.8 Å². The zero-order chi connectivity index (χ0) is 11.4. The zero-order valence-electron chi connectivity index (χ0n) is 10.3. The van der Waals surface area contributed by atoms with Crippen LogP contribution in [0.25, 0.3) is 0 Å². The van der Waals surface area contributed by atoms with E-state index < -0.39 is 0 Å². The Morgan fingerprint density at radius 1 is 1.36 bits per heavy atom. The van der Waals surface area contributed by atoms with Crippen molar-refractivity contribution in [3.63, 3.8) is 0 Å². The fraction of sp³-hybridized carbons (Fsp3) is 0.917. The van der Waals surface area contributed by atoms with Crippen LogP contribution in [0.3, 0.4) is 0 Å². The van der Waals surface area contributed by atoms with Gasteiger partial charge >= 0.3 is 0 Å². The largest absolute Gasteiger partial charge is 0.321 e. The second kappa shape index (κ2) is 5.50. The van der Waals surface area contributed by atoms with Crippen molar-refractivity contribution in [2.45, 2.75) is 59.9 Å². The molecule has 0 amide bonds. The van der Waals surface area contributed by atoms with E-state index in [0.717, 1.165) is 12.8 Å². The van der Waals surface area contributed by atoms with Gasteiger partial charge in [0, 0.05) is 6.42 Å². The normalized spacial score (nSPS) is 16.4. The van der Waals surface area contributed by atoms with Gasteiger partial charge in [-0.15, -0.1) is 0 Å². The van der Waals surface area contributed by atoms with Gasteiger partial charge in [-0.3, -0.25) is 4.79 Å². The van der Waals surface area contributed by atoms with Gasteiger partial charge in [-0.1, -0.05) is 41.0 Å². The molecule has 0 aliphatic rings. The summed E-state index contributed by atoms with van der Waals surface area (Å²) in [5.74, 6) is 0.525. The standard InChI is InChI=1S/C12H25NO/c1-6-9(2)11(13)10(14)7-8-12(3,4)5/h9,11H,6-8,13H2,1-5H3. The SMILES string of the molecule is CCC(C)C(N)C(=O)CCC(C)(C)C. The highest BCUT2D eigenvalue weighted by molar-refractivity contribution is 5.84. The van der Waals surface area contributed by atoms with Crippen LogP contribution in [0.5, 0.6) is 0 Å². The molecule has 2 heteroatoms. The molecule has 84 valence electrons. The number of hydrogen-bond acceptors (Lipinski definition) is 2. The first kappa shape index (κ1) is 13.6. The number of hydrogen-bond donors (Lipinski definition) is 1. The molecule has 0 spiro atoms. The summed E-state index contributed by atoms with van der Waals surface area (Å²) in [6.45, 7) is 10.6. The summed E-state index contributed by atoms with van der Waals surface area (Å²) in [5, 5.41) is 0. The molecule has 0 fully saturated rings. The van der Waals surface area contributed by atoms with E-state index in [-0.39, 0.29) is 17.2 Å². The maximum absolute atomic E-state index is 11.7. The fourth-order valence-corrected chi connectivity index (χ4v) is 1.24. The van der Waals surface area contributed by atoms with Crippen LogP contribution in [0, 0.1) is 11.3 Å². The Kier molecular flexibility index (Phi) is 5.35. The molecular weight excluding hydrogens is 174 g/mol. The van der Waals surface area contributed by atoms with Crippen molar-refractivity contribution in [3.05, 3.63) is 0 Å². The van der Waals surface area contributed by atoms with Gasteiger partial charge in [-0.2, -0.15) is 0 Å². The lowest BCUT2D eigenvalue weighted by atomic mass is 9.86. The minimum atomic E-state index is -0.262. The molecule has 0 bridgehead atoms. The minimum Gasteiger partial charge on any atom is -0.321 e. The lowest BCUT2D eigenvalue weighted by Crippen LogP contribution is -2.36. The first-order valence-electron chi connectivity index (χ1n) is 5.56. The van der Waals surface area contributed by atoms with Crippen LogP contribution >= 0.6 is 0 Å². The Bertz CT molecular complexity index is 181. The Balaban J connectivity index is 3.97. The van der Waals surface area contributed by atoms with Crippen LogP contribution in [0.2, 0.25) is 0 Å². The van der Waals surface area contributed by atoms with Crippen molar-refractivity contribution in [3.8, 4) is 0 Å². The first-order valence-corrected chi connectivity index (χ1v) is 5.56. The van der Waals surface area contributed by atoms with Gasteiger partial charge in [0.15, 0.2) is 0 Å². The molecule has 0 aliphatic heterocycles. The summed E-state index contributed by atoms with van der Waals surface area (Å²) < 4.78 is 0. The molecule has 14 heavy (non-hydrogen) atoms. The van der Waals surface area contributed by atoms with E-state index in [1.807, 2.05) is 6.92 Å². The van der Waals surface area contributed by atoms with Crippen molar-refractivity contribution < 1.29 is 4.79 Å². The molecule has 0 saturated heterocycles. The van der Waals surface area contributed by atoms with Crippen molar-refractivity contribution >= 4 is 5.78 Å². The van der Waals surface area contributed by atoms with Gasteiger partial charge in [-0.25, -0.2) is 0 Å². The molecule has 0 heterocycles. The molecule has 2 unspecified atom stereocenters. The molecule has 2 atom stereocenters. The monoisotopic (exact) mass is 199 g/mol. The lowest BCUT2D eigenvalue weighted by Gasteiger charge is -2.21. The average Bonchev–Trinajstić information content (AvgIpc) is 2.10. The summed E-state index contributed by atoms with van der Waals surface area (Å²) >= 11 is 0. The Labute approximate surface area is 88.3 Å². The quantitative estimate of drug-likeness (QED) is 0.740. The van der Waals surface area contributed by atoms with Gasteiger partial charge in [0.25, 0.3) is 0 Å². The van der Waals surface area contributed by atoms with Crippen molar-refractivity contribution in [2.75, 3.05) is 0 Å². The van der Waals surface area contributed by atoms with Gasteiger partial charge in [0.2, 0.25) is 0 Å². The second-order valence-electron chi connectivity index (χ2n) is 5.44. The predicted octanol–water partition coefficient (Wildman–Crippen LogP) is 2.76. The smallest absolute Gasteiger partial charge is 0.149 e. The van der Waals surface area contributed by atoms with Gasteiger partial charge in [0.1, 0.15) is 5.78 Å². The second-order valence-corrected chi connectivity index (χ2v) is 5.44. The third-order valence-corrected chi connectivity index (χ3v) is 2.75. The molecule has 0 saturated carbocycles. The Morgan fingerprint density at radius 3 is 2.21 bits per heavy atom. The van der Waals surface area contributed by atoms with Crippen LogP contribution in [0.1, 0.15) is 53.9 Å². The van der Waals surface area contributed by atoms with Crippen LogP contribution in [0.4, 0.5) is 0 Å². The lowest BCUT2D eigenvalue weighted by molar-refractivity contribution is -0.121. The van der Waals surface area contributed by atoms with Crippen molar-refractivity contribution in [1.82, 2.24) is 0 Å². The van der Waals surface area contributed by atoms with Crippen molar-refractivity contribution in [1.29, 1.82) is 0 Å². The predicted molar refractivity (Wildman–Crippen MR) is 61.1 cm³/mol. The van der Waals surface area contributed by atoms with E-state index in [1.165, 1.54) is 0 Å². The average molecular weight is 199 g/mol. The summed E-state index contributed by atoms with van der Waals surface area (Å²) in [4.78, 5) is 11.7. The fourth-order valence-electron chi connectivity index (χ4n) is 1.24. The molecule has 2 N–H and O–H groups in total. The molecule has 0 aliphatic carbocycles. The highest BCUT2D eigenvalue weighted by Crippen LogP contribution is 2.21. The van der Waals surface area contributed by atoms with Crippen molar-refractivity contribution in [2.24, 2.45) is 17.1 Å². The molecule has 0 rings (SSSR count). The minimum absolute atomic E-state index is 0.217. The van der Waals surface area contributed by atoms with E-state index >= 15 is 0 Å². The molecule has 0 aromatic carbocycles. The number of rotatable bonds is 5. The maximum atomic E-state index is 11.7. The zero-order valence-corrected chi connectivity index (χ0v) is 10.3. The van der Waals surface area contributed by atoms with Gasteiger partial charge < -0.3 is 5.73 Å². The van der Waals surface area contributed by atoms with E-state index in [2.05, 4.69) is 27.7 Å². The third kappa shape index (κ3) is 5.38. The molecule has 2 nitrogen and oxygen atoms in total. The first-order chi connectivity index (χ1) is 6.28. The van der Waals surface area contributed by atoms with Crippen LogP contribution in [0.15, 0.2) is 0 Å².